The second kappa shape index (κ2) is 6.50. The van der Waals surface area contributed by atoms with Crippen LogP contribution in [0.2, 0.25) is 0 Å². The number of rotatable bonds is 2. The van der Waals surface area contributed by atoms with Crippen molar-refractivity contribution in [3.63, 3.8) is 0 Å². The van der Waals surface area contributed by atoms with E-state index in [4.69, 9.17) is 9.47 Å². The number of carbonyl (C=O) groups excluding carboxylic acids is 3. The number of carbonyl (C=O) groups is 3. The van der Waals surface area contributed by atoms with Gasteiger partial charge in [0.05, 0.1) is 7.11 Å². The van der Waals surface area contributed by atoms with Gasteiger partial charge in [-0.25, -0.2) is 9.59 Å². The van der Waals surface area contributed by atoms with E-state index in [1.54, 1.807) is 25.7 Å². The van der Waals surface area contributed by atoms with Crippen molar-refractivity contribution in [2.75, 3.05) is 7.11 Å². The third-order valence-electron chi connectivity index (χ3n) is 5.40. The fourth-order valence-electron chi connectivity index (χ4n) is 4.21. The third kappa shape index (κ3) is 3.90. The first-order chi connectivity index (χ1) is 11.7. The van der Waals surface area contributed by atoms with E-state index in [0.717, 1.165) is 19.3 Å². The Hall–Kier alpha value is -1.79. The Morgan fingerprint density at radius 3 is 2.44 bits per heavy atom. The van der Waals surface area contributed by atoms with E-state index in [9.17, 15) is 14.4 Å². The number of esters is 1. The highest BCUT2D eigenvalue weighted by Gasteiger charge is 2.51. The average molecular weight is 352 g/mol. The summed E-state index contributed by atoms with van der Waals surface area (Å²) in [6.45, 7) is 5.35. The second-order valence-electron chi connectivity index (χ2n) is 8.44. The molecule has 7 nitrogen and oxygen atoms in total. The van der Waals surface area contributed by atoms with Crippen LogP contribution in [0.3, 0.4) is 0 Å². The van der Waals surface area contributed by atoms with Gasteiger partial charge < -0.3 is 19.7 Å². The maximum absolute atomic E-state index is 13.1. The molecule has 25 heavy (non-hydrogen) atoms. The minimum atomic E-state index is -0.641. The van der Waals surface area contributed by atoms with Gasteiger partial charge in [-0.15, -0.1) is 0 Å². The van der Waals surface area contributed by atoms with E-state index in [1.807, 2.05) is 0 Å². The van der Waals surface area contributed by atoms with Gasteiger partial charge in [0.15, 0.2) is 0 Å². The van der Waals surface area contributed by atoms with Crippen molar-refractivity contribution in [3.05, 3.63) is 0 Å². The number of amides is 2. The Balaban J connectivity index is 1.77. The lowest BCUT2D eigenvalue weighted by molar-refractivity contribution is -0.153. The van der Waals surface area contributed by atoms with Crippen molar-refractivity contribution < 1.29 is 23.9 Å². The van der Waals surface area contributed by atoms with E-state index >= 15 is 0 Å². The number of hydrogen-bond acceptors (Lipinski definition) is 5. The quantitative estimate of drug-likeness (QED) is 0.767. The molecule has 0 aromatic carbocycles. The van der Waals surface area contributed by atoms with E-state index in [1.165, 1.54) is 7.11 Å². The van der Waals surface area contributed by atoms with Crippen LogP contribution in [0.15, 0.2) is 0 Å². The van der Waals surface area contributed by atoms with Crippen molar-refractivity contribution in [2.45, 2.75) is 76.6 Å². The van der Waals surface area contributed by atoms with Gasteiger partial charge in [-0.2, -0.15) is 0 Å². The maximum Gasteiger partial charge on any atom is 0.408 e. The van der Waals surface area contributed by atoms with Crippen molar-refractivity contribution >= 4 is 18.0 Å². The molecule has 0 unspecified atom stereocenters. The van der Waals surface area contributed by atoms with Gasteiger partial charge in [0.2, 0.25) is 5.91 Å². The molecule has 1 aliphatic carbocycles. The van der Waals surface area contributed by atoms with Crippen LogP contribution < -0.4 is 5.32 Å². The topological polar surface area (TPSA) is 84.9 Å². The number of nitrogens with one attached hydrogen (secondary N) is 1. The first-order valence-electron chi connectivity index (χ1n) is 9.09. The van der Waals surface area contributed by atoms with E-state index in [2.05, 4.69) is 5.32 Å². The normalized spacial score (nSPS) is 34.3. The lowest BCUT2D eigenvalue weighted by atomic mass is 9.99. The van der Waals surface area contributed by atoms with Gasteiger partial charge in [0, 0.05) is 6.04 Å². The van der Waals surface area contributed by atoms with Crippen LogP contribution in [-0.4, -0.2) is 53.7 Å². The summed E-state index contributed by atoms with van der Waals surface area (Å²) in [4.78, 5) is 39.0. The highest BCUT2D eigenvalue weighted by molar-refractivity contribution is 5.90. The predicted molar refractivity (Wildman–Crippen MR) is 89.7 cm³/mol. The number of fused-ring (bicyclic) bond motifs is 2. The van der Waals surface area contributed by atoms with E-state index in [-0.39, 0.29) is 17.9 Å². The van der Waals surface area contributed by atoms with Crippen LogP contribution >= 0.6 is 0 Å². The summed E-state index contributed by atoms with van der Waals surface area (Å²) in [6.07, 6.45) is 3.50. The Kier molecular flexibility index (Phi) is 4.68. The molecule has 3 aliphatic rings. The van der Waals surface area contributed by atoms with Crippen LogP contribution in [-0.2, 0) is 19.1 Å². The summed E-state index contributed by atoms with van der Waals surface area (Å²) in [5.41, 5.74) is -0.623. The lowest BCUT2D eigenvalue weighted by Crippen LogP contribution is -2.55. The minimum Gasteiger partial charge on any atom is -0.467 e. The molecule has 2 aliphatic heterocycles. The van der Waals surface area contributed by atoms with Gasteiger partial charge in [-0.05, 0) is 64.7 Å². The molecule has 0 aromatic rings. The van der Waals surface area contributed by atoms with Crippen LogP contribution in [0.1, 0.15) is 52.9 Å². The second-order valence-corrected chi connectivity index (χ2v) is 8.44. The molecule has 2 heterocycles. The predicted octanol–water partition coefficient (Wildman–Crippen LogP) is 1.84. The van der Waals surface area contributed by atoms with Crippen LogP contribution in [0.25, 0.3) is 0 Å². The Bertz CT molecular complexity index is 570. The zero-order valence-corrected chi connectivity index (χ0v) is 15.4. The molecule has 3 rings (SSSR count). The van der Waals surface area contributed by atoms with E-state index < -0.39 is 23.8 Å². The molecular formula is C18H28N2O5. The molecule has 7 heteroatoms. The molecule has 140 valence electrons. The Morgan fingerprint density at radius 2 is 1.80 bits per heavy atom. The van der Waals surface area contributed by atoms with Gasteiger partial charge in [-0.3, -0.25) is 4.79 Å². The summed E-state index contributed by atoms with van der Waals surface area (Å²) in [6, 6.07) is -1.12. The number of nitrogens with zero attached hydrogens (tertiary/aromatic N) is 1. The van der Waals surface area contributed by atoms with Gasteiger partial charge in [0.25, 0.3) is 0 Å². The third-order valence-corrected chi connectivity index (χ3v) is 5.40. The van der Waals surface area contributed by atoms with Crippen molar-refractivity contribution in [3.8, 4) is 0 Å². The molecule has 2 saturated heterocycles. The SMILES string of the molecule is COC(=O)[C@@H]1CC[C@@H]2C[C@@H]3C[C@@H]3C[C@H](NC(=O)OC(C)(C)C)C(=O)N21. The molecule has 5 atom stereocenters. The maximum atomic E-state index is 13.1. The molecule has 0 bridgehead atoms. The summed E-state index contributed by atoms with van der Waals surface area (Å²) in [5.74, 6) is 0.497. The fourth-order valence-corrected chi connectivity index (χ4v) is 4.21. The summed E-state index contributed by atoms with van der Waals surface area (Å²) < 4.78 is 10.2. The number of methoxy groups -OCH3 is 1. The molecule has 0 aromatic heterocycles. The van der Waals surface area contributed by atoms with Crippen LogP contribution in [0, 0.1) is 11.8 Å². The summed E-state index contributed by atoms with van der Waals surface area (Å²) in [5, 5.41) is 2.74. The molecule has 2 amide bonds. The van der Waals surface area contributed by atoms with Gasteiger partial charge >= 0.3 is 12.1 Å². The first kappa shape index (κ1) is 18.0. The van der Waals surface area contributed by atoms with Crippen LogP contribution in [0.5, 0.6) is 0 Å². The highest BCUT2D eigenvalue weighted by atomic mass is 16.6. The Morgan fingerprint density at radius 1 is 1.12 bits per heavy atom. The zero-order valence-electron chi connectivity index (χ0n) is 15.4. The Labute approximate surface area is 148 Å². The molecule has 1 saturated carbocycles. The summed E-state index contributed by atoms with van der Waals surface area (Å²) in [7, 11) is 1.34. The standard InChI is InChI=1S/C18H28N2O5/c1-18(2,3)25-17(23)19-13-9-11-7-10(11)8-12-5-6-14(16(22)24-4)20(12)15(13)21/h10-14H,5-9H2,1-4H3,(H,19,23)/t10-,11+,12+,13-,14-/m0/s1. The monoisotopic (exact) mass is 352 g/mol. The van der Waals surface area contributed by atoms with Crippen molar-refractivity contribution in [2.24, 2.45) is 11.8 Å². The van der Waals surface area contributed by atoms with E-state index in [0.29, 0.717) is 24.7 Å². The number of hydrogen-bond donors (Lipinski definition) is 1. The van der Waals surface area contributed by atoms with Crippen molar-refractivity contribution in [1.82, 2.24) is 10.2 Å². The number of alkyl carbamates (subject to hydrolysis) is 1. The molecular weight excluding hydrogens is 324 g/mol. The smallest absolute Gasteiger partial charge is 0.408 e. The molecule has 1 N–H and O–H groups in total. The molecule has 3 fully saturated rings. The zero-order chi connectivity index (χ0) is 18.4. The van der Waals surface area contributed by atoms with Crippen LogP contribution in [0.4, 0.5) is 4.79 Å². The fraction of sp³-hybridized carbons (Fsp3) is 0.833. The first-order valence-corrected chi connectivity index (χ1v) is 9.09. The average Bonchev–Trinajstić information content (AvgIpc) is 3.07. The van der Waals surface area contributed by atoms with Gasteiger partial charge in [-0.1, -0.05) is 0 Å². The molecule has 0 radical (unpaired) electrons. The number of ether oxygens (including phenoxy) is 2. The highest BCUT2D eigenvalue weighted by Crippen LogP contribution is 2.49. The van der Waals surface area contributed by atoms with Gasteiger partial charge in [0.1, 0.15) is 17.7 Å². The lowest BCUT2D eigenvalue weighted by Gasteiger charge is -2.34. The largest absolute Gasteiger partial charge is 0.467 e. The summed E-state index contributed by atoms with van der Waals surface area (Å²) >= 11 is 0. The van der Waals surface area contributed by atoms with Crippen molar-refractivity contribution in [1.29, 1.82) is 0 Å². The molecule has 0 spiro atoms. The minimum absolute atomic E-state index is 0.0647.